The van der Waals surface area contributed by atoms with E-state index in [-0.39, 0.29) is 11.7 Å². The van der Waals surface area contributed by atoms with Gasteiger partial charge in [-0.1, -0.05) is 22.9 Å². The lowest BCUT2D eigenvalue weighted by molar-refractivity contribution is -0.147. The fraction of sp³-hybridized carbons (Fsp3) is 0.0909. The molecule has 1 aromatic heterocycles. The van der Waals surface area contributed by atoms with Gasteiger partial charge in [0.2, 0.25) is 5.13 Å². The summed E-state index contributed by atoms with van der Waals surface area (Å²) in [5, 5.41) is 19.2. The number of halogens is 1. The van der Waals surface area contributed by atoms with Crippen molar-refractivity contribution >= 4 is 39.9 Å². The molecule has 104 valence electrons. The lowest BCUT2D eigenvalue weighted by Crippen LogP contribution is -2.21. The SMILES string of the molecule is O=C(O)C(=O)Nc1nnc(COc2ccc(Cl)cc2)s1. The molecule has 7 nitrogen and oxygen atoms in total. The molecule has 0 aliphatic carbocycles. The van der Waals surface area contributed by atoms with Gasteiger partial charge >= 0.3 is 11.9 Å². The molecule has 0 fully saturated rings. The maximum Gasteiger partial charge on any atom is 0.394 e. The van der Waals surface area contributed by atoms with Crippen LogP contribution in [0.1, 0.15) is 5.01 Å². The van der Waals surface area contributed by atoms with E-state index < -0.39 is 11.9 Å². The molecule has 2 rings (SSSR count). The summed E-state index contributed by atoms with van der Waals surface area (Å²) >= 11 is 6.77. The molecule has 1 amide bonds. The van der Waals surface area contributed by atoms with E-state index in [2.05, 4.69) is 15.5 Å². The number of nitrogens with one attached hydrogen (secondary N) is 1. The van der Waals surface area contributed by atoms with Crippen molar-refractivity contribution in [2.45, 2.75) is 6.61 Å². The Bertz CT molecular complexity index is 629. The Morgan fingerprint density at radius 3 is 2.65 bits per heavy atom. The monoisotopic (exact) mass is 313 g/mol. The fourth-order valence-corrected chi connectivity index (χ4v) is 1.96. The van der Waals surface area contributed by atoms with E-state index in [1.54, 1.807) is 24.3 Å². The number of amides is 1. The number of carbonyl (C=O) groups excluding carboxylic acids is 1. The van der Waals surface area contributed by atoms with Gasteiger partial charge in [-0.15, -0.1) is 10.2 Å². The molecule has 0 aliphatic rings. The van der Waals surface area contributed by atoms with Crippen LogP contribution in [-0.4, -0.2) is 27.2 Å². The standard InChI is InChI=1S/C11H8ClN3O4S/c12-6-1-3-7(4-2-6)19-5-8-14-15-11(20-8)13-9(16)10(17)18/h1-4H,5H2,(H,17,18)(H,13,15,16). The van der Waals surface area contributed by atoms with Gasteiger partial charge in [-0.05, 0) is 24.3 Å². The van der Waals surface area contributed by atoms with Gasteiger partial charge in [-0.2, -0.15) is 0 Å². The van der Waals surface area contributed by atoms with Crippen molar-refractivity contribution in [1.82, 2.24) is 10.2 Å². The molecule has 0 saturated heterocycles. The minimum atomic E-state index is -1.58. The number of anilines is 1. The van der Waals surface area contributed by atoms with Crippen molar-refractivity contribution in [1.29, 1.82) is 0 Å². The van der Waals surface area contributed by atoms with Crippen molar-refractivity contribution in [2.75, 3.05) is 5.32 Å². The largest absolute Gasteiger partial charge is 0.486 e. The average Bonchev–Trinajstić information content (AvgIpc) is 2.85. The van der Waals surface area contributed by atoms with Crippen molar-refractivity contribution in [2.24, 2.45) is 0 Å². The van der Waals surface area contributed by atoms with Crippen LogP contribution in [0.25, 0.3) is 0 Å². The van der Waals surface area contributed by atoms with E-state index >= 15 is 0 Å². The van der Waals surface area contributed by atoms with Crippen LogP contribution >= 0.6 is 22.9 Å². The van der Waals surface area contributed by atoms with Crippen LogP contribution in [-0.2, 0) is 16.2 Å². The van der Waals surface area contributed by atoms with Gasteiger partial charge in [-0.25, -0.2) is 4.79 Å². The van der Waals surface area contributed by atoms with Crippen LogP contribution in [0.15, 0.2) is 24.3 Å². The number of ether oxygens (including phenoxy) is 1. The molecule has 1 aromatic carbocycles. The van der Waals surface area contributed by atoms with Gasteiger partial charge in [0, 0.05) is 5.02 Å². The van der Waals surface area contributed by atoms with Crippen LogP contribution in [0.3, 0.4) is 0 Å². The molecule has 0 atom stereocenters. The number of aliphatic carboxylic acids is 1. The maximum absolute atomic E-state index is 10.9. The fourth-order valence-electron chi connectivity index (χ4n) is 1.19. The number of hydrogen-bond acceptors (Lipinski definition) is 6. The maximum atomic E-state index is 10.9. The van der Waals surface area contributed by atoms with Gasteiger partial charge in [-0.3, -0.25) is 10.1 Å². The lowest BCUT2D eigenvalue weighted by atomic mass is 10.3. The highest BCUT2D eigenvalue weighted by Crippen LogP contribution is 2.19. The first-order valence-corrected chi connectivity index (χ1v) is 6.49. The average molecular weight is 314 g/mol. The summed E-state index contributed by atoms with van der Waals surface area (Å²) in [4.78, 5) is 21.3. The second kappa shape index (κ2) is 6.31. The van der Waals surface area contributed by atoms with Gasteiger partial charge < -0.3 is 9.84 Å². The summed E-state index contributed by atoms with van der Waals surface area (Å²) in [6, 6.07) is 6.79. The molecule has 9 heteroatoms. The van der Waals surface area contributed by atoms with Gasteiger partial charge in [0.25, 0.3) is 0 Å². The predicted octanol–water partition coefficient (Wildman–Crippen LogP) is 1.79. The molecule has 0 saturated carbocycles. The van der Waals surface area contributed by atoms with Crippen LogP contribution in [0.5, 0.6) is 5.75 Å². The predicted molar refractivity (Wildman–Crippen MR) is 72.0 cm³/mol. The van der Waals surface area contributed by atoms with Gasteiger partial charge in [0.1, 0.15) is 12.4 Å². The topological polar surface area (TPSA) is 101 Å². The Balaban J connectivity index is 1.91. The summed E-state index contributed by atoms with van der Waals surface area (Å²) in [5.41, 5.74) is 0. The Morgan fingerprint density at radius 2 is 2.00 bits per heavy atom. The summed E-state index contributed by atoms with van der Waals surface area (Å²) in [5.74, 6) is -2.13. The summed E-state index contributed by atoms with van der Waals surface area (Å²) in [6.45, 7) is 0.155. The number of carboxylic acids is 1. The third-order valence-corrected chi connectivity index (χ3v) is 3.12. The molecule has 2 aromatic rings. The quantitative estimate of drug-likeness (QED) is 0.834. The lowest BCUT2D eigenvalue weighted by Gasteiger charge is -2.02. The summed E-state index contributed by atoms with van der Waals surface area (Å²) < 4.78 is 5.43. The number of carbonyl (C=O) groups is 2. The highest BCUT2D eigenvalue weighted by atomic mass is 35.5. The summed E-state index contributed by atoms with van der Waals surface area (Å²) in [7, 11) is 0. The number of hydrogen-bond donors (Lipinski definition) is 2. The van der Waals surface area contributed by atoms with Crippen molar-refractivity contribution in [3.8, 4) is 5.75 Å². The Kier molecular flexibility index (Phi) is 4.49. The van der Waals surface area contributed by atoms with Crippen LogP contribution in [0.4, 0.5) is 5.13 Å². The van der Waals surface area contributed by atoms with Gasteiger partial charge in [0.05, 0.1) is 0 Å². The van der Waals surface area contributed by atoms with Crippen molar-refractivity contribution in [3.63, 3.8) is 0 Å². The van der Waals surface area contributed by atoms with Crippen molar-refractivity contribution < 1.29 is 19.4 Å². The van der Waals surface area contributed by atoms with Gasteiger partial charge in [0.15, 0.2) is 5.01 Å². The molecular formula is C11H8ClN3O4S. The zero-order valence-electron chi connectivity index (χ0n) is 9.87. The molecule has 2 N–H and O–H groups in total. The molecule has 0 radical (unpaired) electrons. The first kappa shape index (κ1) is 14.2. The Morgan fingerprint density at radius 1 is 1.30 bits per heavy atom. The third kappa shape index (κ3) is 3.90. The van der Waals surface area contributed by atoms with E-state index in [1.165, 1.54) is 0 Å². The second-order valence-electron chi connectivity index (χ2n) is 3.50. The van der Waals surface area contributed by atoms with Crippen LogP contribution in [0, 0.1) is 0 Å². The molecule has 0 bridgehead atoms. The minimum absolute atomic E-state index is 0.104. The minimum Gasteiger partial charge on any atom is -0.486 e. The second-order valence-corrected chi connectivity index (χ2v) is 5.00. The highest BCUT2D eigenvalue weighted by Gasteiger charge is 2.14. The number of carboxylic acid groups (broad SMARTS) is 1. The van der Waals surface area contributed by atoms with E-state index in [0.29, 0.717) is 15.8 Å². The molecule has 20 heavy (non-hydrogen) atoms. The number of aromatic nitrogens is 2. The van der Waals surface area contributed by atoms with E-state index in [9.17, 15) is 9.59 Å². The Hall–Kier alpha value is -2.19. The third-order valence-electron chi connectivity index (χ3n) is 2.06. The Labute approximate surface area is 122 Å². The smallest absolute Gasteiger partial charge is 0.394 e. The van der Waals surface area contributed by atoms with E-state index in [0.717, 1.165) is 11.3 Å². The molecular weight excluding hydrogens is 306 g/mol. The molecule has 1 heterocycles. The molecule has 0 spiro atoms. The van der Waals surface area contributed by atoms with E-state index in [4.69, 9.17) is 21.4 Å². The zero-order chi connectivity index (χ0) is 14.5. The first-order chi connectivity index (χ1) is 9.54. The first-order valence-electron chi connectivity index (χ1n) is 5.29. The molecule has 0 unspecified atom stereocenters. The van der Waals surface area contributed by atoms with E-state index in [1.807, 2.05) is 0 Å². The highest BCUT2D eigenvalue weighted by molar-refractivity contribution is 7.15. The van der Waals surface area contributed by atoms with Crippen LogP contribution in [0.2, 0.25) is 5.02 Å². The number of benzene rings is 1. The summed E-state index contributed by atoms with van der Waals surface area (Å²) in [6.07, 6.45) is 0. The number of nitrogens with zero attached hydrogens (tertiary/aromatic N) is 2. The zero-order valence-corrected chi connectivity index (χ0v) is 11.4. The van der Waals surface area contributed by atoms with Crippen LogP contribution < -0.4 is 10.1 Å². The normalized spacial score (nSPS) is 10.1. The van der Waals surface area contributed by atoms with Crippen molar-refractivity contribution in [3.05, 3.63) is 34.3 Å². The molecule has 0 aliphatic heterocycles. The number of rotatable bonds is 4.